The minimum atomic E-state index is -1.20. The number of benzene rings is 2. The second-order valence-corrected chi connectivity index (χ2v) is 4.49. The molecule has 0 spiro atoms. The summed E-state index contributed by atoms with van der Waals surface area (Å²) in [4.78, 5) is 0. The maximum absolute atomic E-state index is 9.64. The minimum Gasteiger partial charge on any atom is -0.508 e. The van der Waals surface area contributed by atoms with Crippen LogP contribution in [0.4, 0.5) is 0 Å². The van der Waals surface area contributed by atoms with Gasteiger partial charge in [0.05, 0.1) is 12.4 Å². The molecule has 0 saturated heterocycles. The Hall–Kier alpha value is -2.70. The van der Waals surface area contributed by atoms with E-state index in [2.05, 4.69) is 10.2 Å². The van der Waals surface area contributed by atoms with Crippen LogP contribution in [0.3, 0.4) is 0 Å². The first-order valence-electron chi connectivity index (χ1n) is 6.49. The summed E-state index contributed by atoms with van der Waals surface area (Å²) in [7, 11) is 1.34. The van der Waals surface area contributed by atoms with Gasteiger partial charge in [-0.25, -0.2) is 0 Å². The monoisotopic (exact) mass is 300 g/mol. The average Bonchev–Trinajstić information content (AvgIpc) is 2.54. The van der Waals surface area contributed by atoms with Gasteiger partial charge in [0.2, 0.25) is 0 Å². The number of rotatable bonds is 5. The molecule has 0 amide bonds. The van der Waals surface area contributed by atoms with Gasteiger partial charge in [0, 0.05) is 12.7 Å². The predicted octanol–water partition coefficient (Wildman–Crippen LogP) is 2.19. The SMILES string of the molecule is COC(O)c1cc(/C=N/N=C/c2ccc(O)cc2)ccc1O. The second kappa shape index (κ2) is 7.35. The zero-order valence-corrected chi connectivity index (χ0v) is 11.9. The van der Waals surface area contributed by atoms with Gasteiger partial charge in [-0.3, -0.25) is 0 Å². The molecular formula is C16H16N2O4. The standard InChI is InChI=1S/C16H16N2O4/c1-22-16(21)14-8-12(4-7-15(14)20)10-18-17-9-11-2-5-13(19)6-3-11/h2-10,16,19-21H,1H3/b17-9+,18-10+. The lowest BCUT2D eigenvalue weighted by atomic mass is 10.1. The number of phenols is 2. The predicted molar refractivity (Wildman–Crippen MR) is 83.4 cm³/mol. The molecule has 0 fully saturated rings. The van der Waals surface area contributed by atoms with Gasteiger partial charge >= 0.3 is 0 Å². The first kappa shape index (κ1) is 15.7. The van der Waals surface area contributed by atoms with Crippen LogP contribution >= 0.6 is 0 Å². The largest absolute Gasteiger partial charge is 0.508 e. The van der Waals surface area contributed by atoms with E-state index in [1.54, 1.807) is 42.6 Å². The molecule has 0 radical (unpaired) electrons. The number of aliphatic hydroxyl groups excluding tert-OH is 1. The number of hydrogen-bond acceptors (Lipinski definition) is 6. The van der Waals surface area contributed by atoms with Crippen molar-refractivity contribution < 1.29 is 20.1 Å². The molecule has 1 unspecified atom stereocenters. The molecule has 0 aliphatic heterocycles. The lowest BCUT2D eigenvalue weighted by Crippen LogP contribution is -2.00. The first-order chi connectivity index (χ1) is 10.6. The third kappa shape index (κ3) is 4.15. The van der Waals surface area contributed by atoms with Gasteiger partial charge in [0.1, 0.15) is 11.5 Å². The molecule has 0 heterocycles. The Balaban J connectivity index is 2.08. The Morgan fingerprint density at radius 3 is 2.18 bits per heavy atom. The van der Waals surface area contributed by atoms with Gasteiger partial charge in [-0.05, 0) is 53.6 Å². The highest BCUT2D eigenvalue weighted by Crippen LogP contribution is 2.25. The molecule has 22 heavy (non-hydrogen) atoms. The normalized spacial score (nSPS) is 13.0. The zero-order chi connectivity index (χ0) is 15.9. The summed E-state index contributed by atoms with van der Waals surface area (Å²) >= 11 is 0. The third-order valence-corrected chi connectivity index (χ3v) is 2.91. The number of aromatic hydroxyl groups is 2. The molecule has 0 aromatic heterocycles. The van der Waals surface area contributed by atoms with Crippen molar-refractivity contribution in [3.05, 3.63) is 59.2 Å². The van der Waals surface area contributed by atoms with Gasteiger partial charge in [-0.2, -0.15) is 10.2 Å². The molecule has 0 bridgehead atoms. The lowest BCUT2D eigenvalue weighted by molar-refractivity contribution is -0.0780. The number of ether oxygens (including phenoxy) is 1. The highest BCUT2D eigenvalue weighted by Gasteiger charge is 2.11. The molecular weight excluding hydrogens is 284 g/mol. The van der Waals surface area contributed by atoms with E-state index in [9.17, 15) is 10.2 Å². The fourth-order valence-electron chi connectivity index (χ4n) is 1.74. The van der Waals surface area contributed by atoms with Crippen LogP contribution in [0.25, 0.3) is 0 Å². The maximum atomic E-state index is 9.64. The van der Waals surface area contributed by atoms with Crippen molar-refractivity contribution in [1.29, 1.82) is 0 Å². The fourth-order valence-corrected chi connectivity index (χ4v) is 1.74. The fraction of sp³-hybridized carbons (Fsp3) is 0.125. The van der Waals surface area contributed by atoms with Gasteiger partial charge < -0.3 is 20.1 Å². The van der Waals surface area contributed by atoms with E-state index in [0.717, 1.165) is 5.56 Å². The molecule has 6 nitrogen and oxygen atoms in total. The van der Waals surface area contributed by atoms with E-state index in [-0.39, 0.29) is 17.1 Å². The smallest absolute Gasteiger partial charge is 0.184 e. The van der Waals surface area contributed by atoms with Gasteiger partial charge in [0.25, 0.3) is 0 Å². The van der Waals surface area contributed by atoms with Crippen LogP contribution in [0, 0.1) is 0 Å². The molecule has 2 rings (SSSR count). The van der Waals surface area contributed by atoms with E-state index in [4.69, 9.17) is 9.84 Å². The number of methoxy groups -OCH3 is 1. The summed E-state index contributed by atoms with van der Waals surface area (Å²) in [6.45, 7) is 0. The van der Waals surface area contributed by atoms with E-state index in [1.807, 2.05) is 0 Å². The van der Waals surface area contributed by atoms with Crippen molar-refractivity contribution in [3.8, 4) is 11.5 Å². The molecule has 0 aliphatic carbocycles. The maximum Gasteiger partial charge on any atom is 0.184 e. The summed E-state index contributed by atoms with van der Waals surface area (Å²) in [6, 6.07) is 11.2. The van der Waals surface area contributed by atoms with Crippen LogP contribution in [-0.4, -0.2) is 34.9 Å². The number of hydrogen-bond donors (Lipinski definition) is 3. The van der Waals surface area contributed by atoms with Gasteiger partial charge in [0.15, 0.2) is 6.29 Å². The van der Waals surface area contributed by atoms with Crippen LogP contribution in [0.15, 0.2) is 52.7 Å². The van der Waals surface area contributed by atoms with Gasteiger partial charge in [-0.1, -0.05) is 0 Å². The number of phenolic OH excluding ortho intramolecular Hbond substituents is 2. The summed E-state index contributed by atoms with van der Waals surface area (Å²) in [6.07, 6.45) is 1.83. The first-order valence-corrected chi connectivity index (χ1v) is 6.49. The van der Waals surface area contributed by atoms with Crippen LogP contribution in [0.1, 0.15) is 23.0 Å². The van der Waals surface area contributed by atoms with Crippen LogP contribution < -0.4 is 0 Å². The topological polar surface area (TPSA) is 94.6 Å². The molecule has 6 heteroatoms. The molecule has 2 aromatic carbocycles. The van der Waals surface area contributed by atoms with E-state index in [0.29, 0.717) is 5.56 Å². The summed E-state index contributed by atoms with van der Waals surface area (Å²) in [5.41, 5.74) is 1.72. The Kier molecular flexibility index (Phi) is 5.24. The quantitative estimate of drug-likeness (QED) is 0.448. The Bertz CT molecular complexity index is 681. The average molecular weight is 300 g/mol. The van der Waals surface area contributed by atoms with Crippen LogP contribution in [0.5, 0.6) is 11.5 Å². The van der Waals surface area contributed by atoms with E-state index < -0.39 is 6.29 Å². The molecule has 0 aliphatic rings. The number of aliphatic hydroxyl groups is 1. The van der Waals surface area contributed by atoms with Crippen molar-refractivity contribution in [2.45, 2.75) is 6.29 Å². The Morgan fingerprint density at radius 2 is 1.55 bits per heavy atom. The Labute approximate surface area is 127 Å². The minimum absolute atomic E-state index is 0.0564. The molecule has 3 N–H and O–H groups in total. The Morgan fingerprint density at radius 1 is 0.955 bits per heavy atom. The molecule has 0 saturated carbocycles. The van der Waals surface area contributed by atoms with Crippen LogP contribution in [-0.2, 0) is 4.74 Å². The highest BCUT2D eigenvalue weighted by molar-refractivity contribution is 5.83. The van der Waals surface area contributed by atoms with E-state index >= 15 is 0 Å². The number of nitrogens with zero attached hydrogens (tertiary/aromatic N) is 2. The van der Waals surface area contributed by atoms with E-state index in [1.165, 1.54) is 19.4 Å². The van der Waals surface area contributed by atoms with Crippen molar-refractivity contribution in [2.75, 3.05) is 7.11 Å². The molecule has 114 valence electrons. The van der Waals surface area contributed by atoms with Crippen molar-refractivity contribution >= 4 is 12.4 Å². The summed E-state index contributed by atoms with van der Waals surface area (Å²) in [5, 5.41) is 36.2. The molecule has 2 aromatic rings. The summed E-state index contributed by atoms with van der Waals surface area (Å²) in [5.74, 6) is 0.132. The van der Waals surface area contributed by atoms with Crippen molar-refractivity contribution in [1.82, 2.24) is 0 Å². The van der Waals surface area contributed by atoms with Crippen molar-refractivity contribution in [2.24, 2.45) is 10.2 Å². The summed E-state index contributed by atoms with van der Waals surface area (Å²) < 4.78 is 4.77. The zero-order valence-electron chi connectivity index (χ0n) is 11.9. The van der Waals surface area contributed by atoms with Gasteiger partial charge in [-0.15, -0.1) is 0 Å². The van der Waals surface area contributed by atoms with Crippen LogP contribution in [0.2, 0.25) is 0 Å². The molecule has 1 atom stereocenters. The second-order valence-electron chi connectivity index (χ2n) is 4.49. The van der Waals surface area contributed by atoms with Crippen molar-refractivity contribution in [3.63, 3.8) is 0 Å². The highest BCUT2D eigenvalue weighted by atomic mass is 16.6. The lowest BCUT2D eigenvalue weighted by Gasteiger charge is -2.10. The third-order valence-electron chi connectivity index (χ3n) is 2.91.